The van der Waals surface area contributed by atoms with Gasteiger partial charge >= 0.3 is 5.97 Å². The number of carbonyl (C=O) groups is 1. The van der Waals surface area contributed by atoms with Gasteiger partial charge in [-0.3, -0.25) is 9.78 Å². The van der Waals surface area contributed by atoms with Gasteiger partial charge in [0.15, 0.2) is 0 Å². The van der Waals surface area contributed by atoms with Crippen molar-refractivity contribution in [2.24, 2.45) is 0 Å². The molecule has 0 saturated carbocycles. The molecule has 0 amide bonds. The highest BCUT2D eigenvalue weighted by Gasteiger charge is 2.32. The molecule has 0 aromatic carbocycles. The first-order valence-corrected chi connectivity index (χ1v) is 4.68. The van der Waals surface area contributed by atoms with Gasteiger partial charge in [0.2, 0.25) is 0 Å². The molecular formula is C11H15NO2. The molecular weight excluding hydrogens is 178 g/mol. The van der Waals surface area contributed by atoms with Gasteiger partial charge in [0, 0.05) is 6.20 Å². The summed E-state index contributed by atoms with van der Waals surface area (Å²) >= 11 is 0. The molecule has 76 valence electrons. The number of rotatable bonds is 3. The lowest BCUT2D eigenvalue weighted by atomic mass is 9.85. The van der Waals surface area contributed by atoms with E-state index < -0.39 is 11.4 Å². The number of nitrogens with zero attached hydrogens (tertiary/aromatic N) is 1. The topological polar surface area (TPSA) is 50.2 Å². The normalized spacial score (nSPS) is 11.4. The fourth-order valence-electron chi connectivity index (χ4n) is 1.39. The van der Waals surface area contributed by atoms with Crippen LogP contribution >= 0.6 is 0 Å². The molecule has 1 aromatic rings. The van der Waals surface area contributed by atoms with Crippen molar-refractivity contribution in [3.63, 3.8) is 0 Å². The molecule has 1 heterocycles. The maximum absolute atomic E-state index is 11.0. The zero-order valence-corrected chi connectivity index (χ0v) is 8.74. The Morgan fingerprint density at radius 2 is 2.21 bits per heavy atom. The summed E-state index contributed by atoms with van der Waals surface area (Å²) in [5.74, 6) is -0.842. The zero-order valence-electron chi connectivity index (χ0n) is 8.74. The van der Waals surface area contributed by atoms with Gasteiger partial charge in [-0.1, -0.05) is 13.0 Å². The average molecular weight is 193 g/mol. The van der Waals surface area contributed by atoms with Crippen LogP contribution in [0.25, 0.3) is 0 Å². The van der Waals surface area contributed by atoms with E-state index >= 15 is 0 Å². The molecule has 1 rings (SSSR count). The summed E-state index contributed by atoms with van der Waals surface area (Å²) in [5.41, 5.74) is 0.752. The Kier molecular flexibility index (Phi) is 2.89. The first-order chi connectivity index (χ1) is 6.50. The van der Waals surface area contributed by atoms with Crippen molar-refractivity contribution < 1.29 is 9.90 Å². The number of aryl methyl sites for hydroxylation is 1. The smallest absolute Gasteiger partial charge is 0.315 e. The number of aromatic nitrogens is 1. The van der Waals surface area contributed by atoms with Crippen molar-refractivity contribution in [2.45, 2.75) is 32.6 Å². The molecule has 0 aliphatic carbocycles. The second-order valence-electron chi connectivity index (χ2n) is 3.79. The highest BCUT2D eigenvalue weighted by atomic mass is 16.4. The Hall–Kier alpha value is -1.38. The van der Waals surface area contributed by atoms with Gasteiger partial charge in [-0.25, -0.2) is 0 Å². The van der Waals surface area contributed by atoms with Crippen LogP contribution in [0.3, 0.4) is 0 Å². The van der Waals surface area contributed by atoms with Crippen LogP contribution in [0.4, 0.5) is 0 Å². The molecule has 1 N–H and O–H groups in total. The van der Waals surface area contributed by atoms with E-state index in [1.807, 2.05) is 19.1 Å². The maximum atomic E-state index is 11.0. The number of hydrogen-bond acceptors (Lipinski definition) is 2. The third kappa shape index (κ3) is 1.76. The lowest BCUT2D eigenvalue weighted by Gasteiger charge is -2.21. The summed E-state index contributed by atoms with van der Waals surface area (Å²) in [6, 6.07) is 3.76. The van der Waals surface area contributed by atoms with E-state index in [9.17, 15) is 4.79 Å². The van der Waals surface area contributed by atoms with E-state index in [1.165, 1.54) is 0 Å². The first kappa shape index (κ1) is 10.7. The van der Waals surface area contributed by atoms with Gasteiger partial charge in [-0.2, -0.15) is 0 Å². The minimum Gasteiger partial charge on any atom is -0.481 e. The standard InChI is InChI=1S/C11H15NO2/c1-4-8-6-5-7-12-9(8)11(2,3)10(13)14/h5-7H,4H2,1-3H3,(H,13,14). The van der Waals surface area contributed by atoms with E-state index in [0.29, 0.717) is 5.69 Å². The van der Waals surface area contributed by atoms with Crippen molar-refractivity contribution in [1.82, 2.24) is 4.98 Å². The monoisotopic (exact) mass is 193 g/mol. The maximum Gasteiger partial charge on any atom is 0.315 e. The lowest BCUT2D eigenvalue weighted by Crippen LogP contribution is -2.30. The predicted molar refractivity (Wildman–Crippen MR) is 54.3 cm³/mol. The van der Waals surface area contributed by atoms with Gasteiger partial charge < -0.3 is 5.11 Å². The molecule has 14 heavy (non-hydrogen) atoms. The third-order valence-corrected chi connectivity index (χ3v) is 2.40. The highest BCUT2D eigenvalue weighted by molar-refractivity contribution is 5.80. The minimum atomic E-state index is -0.910. The summed E-state index contributed by atoms with van der Waals surface area (Å²) in [4.78, 5) is 15.2. The molecule has 0 bridgehead atoms. The van der Waals surface area contributed by atoms with Crippen molar-refractivity contribution >= 4 is 5.97 Å². The van der Waals surface area contributed by atoms with Gasteiger partial charge in [-0.15, -0.1) is 0 Å². The SMILES string of the molecule is CCc1cccnc1C(C)(C)C(=O)O. The molecule has 3 nitrogen and oxygen atoms in total. The Bertz CT molecular complexity index is 345. The summed E-state index contributed by atoms with van der Waals surface area (Å²) in [7, 11) is 0. The molecule has 1 aromatic heterocycles. The van der Waals surface area contributed by atoms with Crippen LogP contribution in [0.1, 0.15) is 32.0 Å². The van der Waals surface area contributed by atoms with Crippen LogP contribution in [-0.2, 0) is 16.6 Å². The van der Waals surface area contributed by atoms with Crippen molar-refractivity contribution in [2.75, 3.05) is 0 Å². The number of pyridine rings is 1. The summed E-state index contributed by atoms with van der Waals surface area (Å²) in [5, 5.41) is 9.07. The van der Waals surface area contributed by atoms with Crippen LogP contribution in [0.2, 0.25) is 0 Å². The summed E-state index contributed by atoms with van der Waals surface area (Å²) in [6.07, 6.45) is 2.44. The van der Waals surface area contributed by atoms with Crippen molar-refractivity contribution in [1.29, 1.82) is 0 Å². The largest absolute Gasteiger partial charge is 0.481 e. The van der Waals surface area contributed by atoms with Crippen LogP contribution < -0.4 is 0 Å². The second kappa shape index (κ2) is 3.78. The molecule has 0 fully saturated rings. The number of aliphatic carboxylic acids is 1. The quantitative estimate of drug-likeness (QED) is 0.798. The third-order valence-electron chi connectivity index (χ3n) is 2.40. The predicted octanol–water partition coefficient (Wildman–Crippen LogP) is 2.01. The van der Waals surface area contributed by atoms with Crippen LogP contribution in [-0.4, -0.2) is 16.1 Å². The van der Waals surface area contributed by atoms with Gasteiger partial charge in [-0.05, 0) is 31.9 Å². The van der Waals surface area contributed by atoms with Crippen LogP contribution in [0, 0.1) is 0 Å². The second-order valence-corrected chi connectivity index (χ2v) is 3.79. The number of carboxylic acid groups (broad SMARTS) is 1. The Morgan fingerprint density at radius 1 is 1.57 bits per heavy atom. The van der Waals surface area contributed by atoms with Crippen LogP contribution in [0.5, 0.6) is 0 Å². The average Bonchev–Trinajstić information content (AvgIpc) is 2.17. The molecule has 0 aliphatic heterocycles. The summed E-state index contributed by atoms with van der Waals surface area (Å²) < 4.78 is 0. The highest BCUT2D eigenvalue weighted by Crippen LogP contribution is 2.24. The Balaban J connectivity index is 3.24. The zero-order chi connectivity index (χ0) is 10.8. The lowest BCUT2D eigenvalue weighted by molar-refractivity contribution is -0.142. The number of carboxylic acids is 1. The van der Waals surface area contributed by atoms with Gasteiger partial charge in [0.1, 0.15) is 5.41 Å². The molecule has 0 aliphatic rings. The molecule has 3 heteroatoms. The Morgan fingerprint density at radius 3 is 2.71 bits per heavy atom. The minimum absolute atomic E-state index is 0.662. The first-order valence-electron chi connectivity index (χ1n) is 4.68. The van der Waals surface area contributed by atoms with E-state index in [4.69, 9.17) is 5.11 Å². The fourth-order valence-corrected chi connectivity index (χ4v) is 1.39. The fraction of sp³-hybridized carbons (Fsp3) is 0.455. The van der Waals surface area contributed by atoms with Gasteiger partial charge in [0.25, 0.3) is 0 Å². The van der Waals surface area contributed by atoms with E-state index in [-0.39, 0.29) is 0 Å². The molecule has 0 radical (unpaired) electrons. The molecule has 0 saturated heterocycles. The van der Waals surface area contributed by atoms with Crippen molar-refractivity contribution in [3.05, 3.63) is 29.6 Å². The van der Waals surface area contributed by atoms with Gasteiger partial charge in [0.05, 0.1) is 5.69 Å². The molecule has 0 spiro atoms. The summed E-state index contributed by atoms with van der Waals surface area (Å²) in [6.45, 7) is 5.35. The van der Waals surface area contributed by atoms with Crippen molar-refractivity contribution in [3.8, 4) is 0 Å². The molecule has 0 unspecified atom stereocenters. The van der Waals surface area contributed by atoms with Crippen LogP contribution in [0.15, 0.2) is 18.3 Å². The number of hydrogen-bond donors (Lipinski definition) is 1. The van der Waals surface area contributed by atoms with E-state index in [2.05, 4.69) is 4.98 Å². The Labute approximate surface area is 83.8 Å². The van der Waals surface area contributed by atoms with E-state index in [0.717, 1.165) is 12.0 Å². The molecule has 0 atom stereocenters. The van der Waals surface area contributed by atoms with E-state index in [1.54, 1.807) is 20.0 Å².